The van der Waals surface area contributed by atoms with Crippen LogP contribution in [0.15, 0.2) is 0 Å². The summed E-state index contributed by atoms with van der Waals surface area (Å²) in [5, 5.41) is 9.83. The van der Waals surface area contributed by atoms with Crippen LogP contribution >= 0.6 is 0 Å². The maximum Gasteiger partial charge on any atom is 0.108 e. The second-order valence-corrected chi connectivity index (χ2v) is 5.04. The molecule has 1 heterocycles. The first kappa shape index (κ1) is 10.0. The lowest BCUT2D eigenvalue weighted by atomic mass is 9.89. The second kappa shape index (κ2) is 3.75. The summed E-state index contributed by atoms with van der Waals surface area (Å²) in [6.45, 7) is 9.76. The Balaban J connectivity index is 2.30. The molecule has 0 amide bonds. The highest BCUT2D eigenvalue weighted by Gasteiger charge is 2.27. The van der Waals surface area contributed by atoms with Crippen molar-refractivity contribution in [2.75, 3.05) is 19.6 Å². The van der Waals surface area contributed by atoms with Gasteiger partial charge in [0.05, 0.1) is 13.1 Å². The van der Waals surface area contributed by atoms with Gasteiger partial charge in [-0.1, -0.05) is 20.8 Å². The highest BCUT2D eigenvalue weighted by Crippen LogP contribution is 2.17. The molecule has 1 rings (SSSR count). The molecule has 1 aliphatic rings. The van der Waals surface area contributed by atoms with Gasteiger partial charge < -0.3 is 10.0 Å². The molecule has 0 aliphatic carbocycles. The highest BCUT2D eigenvalue weighted by atomic mass is 16.3. The largest absolute Gasteiger partial charge is 0.387 e. The maximum atomic E-state index is 9.83. The van der Waals surface area contributed by atoms with Crippen molar-refractivity contribution in [3.8, 4) is 0 Å². The Kier molecular flexibility index (Phi) is 3.13. The maximum absolute atomic E-state index is 9.83. The van der Waals surface area contributed by atoms with Gasteiger partial charge in [-0.15, -0.1) is 0 Å². The van der Waals surface area contributed by atoms with Crippen LogP contribution in [0.5, 0.6) is 0 Å². The van der Waals surface area contributed by atoms with Gasteiger partial charge in [0.25, 0.3) is 0 Å². The van der Waals surface area contributed by atoms with Gasteiger partial charge in [0.2, 0.25) is 0 Å². The van der Waals surface area contributed by atoms with Crippen molar-refractivity contribution < 1.29 is 10.0 Å². The van der Waals surface area contributed by atoms with Gasteiger partial charge in [0.1, 0.15) is 12.6 Å². The molecule has 0 aromatic heterocycles. The summed E-state index contributed by atoms with van der Waals surface area (Å²) in [5.74, 6) is 0. The first-order chi connectivity index (χ1) is 5.50. The third-order valence-electron chi connectivity index (χ3n) is 2.79. The van der Waals surface area contributed by atoms with Crippen molar-refractivity contribution in [3.05, 3.63) is 0 Å². The van der Waals surface area contributed by atoms with E-state index in [9.17, 15) is 5.11 Å². The Morgan fingerprint density at radius 3 is 2.17 bits per heavy atom. The monoisotopic (exact) mass is 172 g/mol. The zero-order chi connectivity index (χ0) is 9.19. The fourth-order valence-electron chi connectivity index (χ4n) is 1.66. The number of hydrogen-bond donors (Lipinski definition) is 2. The van der Waals surface area contributed by atoms with Crippen LogP contribution in [0, 0.1) is 5.41 Å². The molecule has 0 bridgehead atoms. The van der Waals surface area contributed by atoms with Crippen LogP contribution in [-0.4, -0.2) is 30.8 Å². The summed E-state index contributed by atoms with van der Waals surface area (Å²) in [4.78, 5) is 1.58. The Labute approximate surface area is 75.6 Å². The Hall–Kier alpha value is -0.0800. The summed E-state index contributed by atoms with van der Waals surface area (Å²) in [6.07, 6.45) is 2.53. The Morgan fingerprint density at radius 2 is 1.75 bits per heavy atom. The lowest BCUT2D eigenvalue weighted by molar-refractivity contribution is -0.891. The number of hydrogen-bond acceptors (Lipinski definition) is 1. The zero-order valence-electron chi connectivity index (χ0n) is 8.56. The molecule has 12 heavy (non-hydrogen) atoms. The van der Waals surface area contributed by atoms with Crippen molar-refractivity contribution in [2.45, 2.75) is 39.7 Å². The molecule has 0 aromatic carbocycles. The molecule has 0 spiro atoms. The van der Waals surface area contributed by atoms with Crippen molar-refractivity contribution in [3.63, 3.8) is 0 Å². The van der Waals surface area contributed by atoms with Crippen LogP contribution in [-0.2, 0) is 0 Å². The molecule has 1 atom stereocenters. The summed E-state index contributed by atoms with van der Waals surface area (Å²) in [6, 6.07) is 0. The topological polar surface area (TPSA) is 24.7 Å². The molecule has 2 nitrogen and oxygen atoms in total. The fourth-order valence-corrected chi connectivity index (χ4v) is 1.66. The van der Waals surface area contributed by atoms with Crippen LogP contribution in [0.1, 0.15) is 33.6 Å². The molecule has 1 saturated heterocycles. The average molecular weight is 172 g/mol. The lowest BCUT2D eigenvalue weighted by Gasteiger charge is -2.27. The minimum absolute atomic E-state index is 0.0512. The predicted molar refractivity (Wildman–Crippen MR) is 50.3 cm³/mol. The van der Waals surface area contributed by atoms with E-state index in [0.717, 1.165) is 6.54 Å². The van der Waals surface area contributed by atoms with Gasteiger partial charge in [0.15, 0.2) is 0 Å². The lowest BCUT2D eigenvalue weighted by Crippen LogP contribution is -3.11. The first-order valence-electron chi connectivity index (χ1n) is 5.02. The number of quaternary nitrogens is 1. The van der Waals surface area contributed by atoms with Crippen molar-refractivity contribution in [1.29, 1.82) is 0 Å². The third kappa shape index (κ3) is 2.76. The van der Waals surface area contributed by atoms with E-state index in [-0.39, 0.29) is 11.5 Å². The van der Waals surface area contributed by atoms with Crippen LogP contribution in [0.25, 0.3) is 0 Å². The zero-order valence-corrected chi connectivity index (χ0v) is 8.56. The van der Waals surface area contributed by atoms with Gasteiger partial charge in [-0.2, -0.15) is 0 Å². The van der Waals surface area contributed by atoms with E-state index in [1.54, 1.807) is 4.90 Å². The predicted octanol–water partition coefficient (Wildman–Crippen LogP) is 0.0721. The fraction of sp³-hybridized carbons (Fsp3) is 1.00. The summed E-state index contributed by atoms with van der Waals surface area (Å²) < 4.78 is 0. The van der Waals surface area contributed by atoms with Crippen LogP contribution < -0.4 is 4.90 Å². The van der Waals surface area contributed by atoms with Gasteiger partial charge in [0, 0.05) is 12.8 Å². The van der Waals surface area contributed by atoms with E-state index >= 15 is 0 Å². The second-order valence-electron chi connectivity index (χ2n) is 5.04. The molecule has 2 N–H and O–H groups in total. The van der Waals surface area contributed by atoms with Crippen molar-refractivity contribution >= 4 is 0 Å². The molecule has 72 valence electrons. The van der Waals surface area contributed by atoms with E-state index in [2.05, 4.69) is 20.8 Å². The molecule has 0 unspecified atom stereocenters. The Bertz CT molecular complexity index is 133. The number of nitrogens with one attached hydrogen (secondary N) is 1. The van der Waals surface area contributed by atoms with Gasteiger partial charge in [-0.3, -0.25) is 0 Å². The molecular weight excluding hydrogens is 150 g/mol. The molecule has 0 aromatic rings. The molecule has 0 radical (unpaired) electrons. The quantitative estimate of drug-likeness (QED) is 0.605. The van der Waals surface area contributed by atoms with E-state index in [1.165, 1.54) is 25.9 Å². The van der Waals surface area contributed by atoms with Gasteiger partial charge in [-0.05, 0) is 5.41 Å². The first-order valence-corrected chi connectivity index (χ1v) is 5.02. The number of likely N-dealkylation sites (tertiary alicyclic amines) is 1. The SMILES string of the molecule is CC(C)(C)[C@H](O)C[NH+]1CCCC1. The minimum Gasteiger partial charge on any atom is -0.387 e. The molecule has 2 heteroatoms. The molecule has 1 fully saturated rings. The van der Waals surface area contributed by atoms with Gasteiger partial charge >= 0.3 is 0 Å². The number of rotatable bonds is 2. The summed E-state index contributed by atoms with van der Waals surface area (Å²) in [7, 11) is 0. The molecular formula is C10H22NO+. The number of aliphatic hydroxyl groups excluding tert-OH is 1. The van der Waals surface area contributed by atoms with E-state index in [4.69, 9.17) is 0 Å². The van der Waals surface area contributed by atoms with E-state index in [0.29, 0.717) is 0 Å². The Morgan fingerprint density at radius 1 is 1.25 bits per heavy atom. The normalized spacial score (nSPS) is 23.0. The minimum atomic E-state index is -0.148. The van der Waals surface area contributed by atoms with E-state index in [1.807, 2.05) is 0 Å². The number of aliphatic hydroxyl groups is 1. The standard InChI is InChI=1S/C10H21NO/c1-10(2,3)9(12)8-11-6-4-5-7-11/h9,12H,4-8H2,1-3H3/p+1/t9-/m1/s1. The van der Waals surface area contributed by atoms with Crippen LogP contribution in [0.2, 0.25) is 0 Å². The summed E-state index contributed by atoms with van der Waals surface area (Å²) in [5.41, 5.74) is 0.0512. The van der Waals surface area contributed by atoms with Crippen LogP contribution in [0.3, 0.4) is 0 Å². The third-order valence-corrected chi connectivity index (χ3v) is 2.79. The molecule has 0 saturated carbocycles. The van der Waals surface area contributed by atoms with Crippen molar-refractivity contribution in [2.24, 2.45) is 5.41 Å². The van der Waals surface area contributed by atoms with Crippen LogP contribution in [0.4, 0.5) is 0 Å². The highest BCUT2D eigenvalue weighted by molar-refractivity contribution is 4.71. The van der Waals surface area contributed by atoms with Crippen molar-refractivity contribution in [1.82, 2.24) is 0 Å². The van der Waals surface area contributed by atoms with E-state index < -0.39 is 0 Å². The summed E-state index contributed by atoms with van der Waals surface area (Å²) >= 11 is 0. The smallest absolute Gasteiger partial charge is 0.108 e. The van der Waals surface area contributed by atoms with Gasteiger partial charge in [-0.25, -0.2) is 0 Å². The average Bonchev–Trinajstić information content (AvgIpc) is 2.37. The molecule has 1 aliphatic heterocycles.